The standard InChI is InChI=1S/C44H42Cl2N2O6/c1-47(2)43(31-15-7-5-8-16-31,27-29-51-39-25-23-37(45)33-19-11-13-21-35(33)39)53-41(49)42(50)54-44(48(3)4,32-17-9-6-10-18-32)28-30-52-40-26-24-38(46)34-20-12-14-22-36(34)40/h5-26H,27-30H2,1-4H3. The molecule has 0 aliphatic heterocycles. The smallest absolute Gasteiger partial charge is 0.419 e. The Morgan fingerprint density at radius 2 is 0.815 bits per heavy atom. The van der Waals surface area contributed by atoms with Crippen molar-refractivity contribution < 1.29 is 28.5 Å². The van der Waals surface area contributed by atoms with Gasteiger partial charge in [0.05, 0.1) is 13.2 Å². The topological polar surface area (TPSA) is 77.5 Å². The molecule has 0 radical (unpaired) electrons. The molecule has 0 fully saturated rings. The molecule has 0 N–H and O–H groups in total. The summed E-state index contributed by atoms with van der Waals surface area (Å²) in [6, 6.07) is 41.2. The predicted octanol–water partition coefficient (Wildman–Crippen LogP) is 9.45. The van der Waals surface area contributed by atoms with E-state index < -0.39 is 23.4 Å². The number of hydrogen-bond donors (Lipinski definition) is 0. The molecule has 0 aromatic heterocycles. The largest absolute Gasteiger partial charge is 0.493 e. The molecule has 8 nitrogen and oxygen atoms in total. The Kier molecular flexibility index (Phi) is 12.1. The minimum atomic E-state index is -1.40. The summed E-state index contributed by atoms with van der Waals surface area (Å²) in [5.74, 6) is -1.05. The number of hydrogen-bond acceptors (Lipinski definition) is 8. The molecule has 6 aromatic carbocycles. The van der Waals surface area contributed by atoms with Gasteiger partial charge in [0.25, 0.3) is 0 Å². The van der Waals surface area contributed by atoms with Crippen molar-refractivity contribution >= 4 is 56.7 Å². The van der Waals surface area contributed by atoms with Gasteiger partial charge < -0.3 is 18.9 Å². The molecule has 6 aromatic rings. The van der Waals surface area contributed by atoms with Crippen molar-refractivity contribution in [3.05, 3.63) is 155 Å². The average molecular weight is 766 g/mol. The molecule has 2 atom stereocenters. The van der Waals surface area contributed by atoms with Gasteiger partial charge in [0.1, 0.15) is 11.5 Å². The van der Waals surface area contributed by atoms with Crippen LogP contribution in [-0.4, -0.2) is 63.1 Å². The van der Waals surface area contributed by atoms with Gasteiger partial charge in [-0.05, 0) is 52.5 Å². The minimum absolute atomic E-state index is 0.142. The highest BCUT2D eigenvalue weighted by atomic mass is 35.5. The van der Waals surface area contributed by atoms with E-state index in [9.17, 15) is 9.59 Å². The number of ether oxygens (including phenoxy) is 4. The Balaban J connectivity index is 1.26. The van der Waals surface area contributed by atoms with E-state index in [-0.39, 0.29) is 26.1 Å². The molecule has 10 heteroatoms. The number of carbonyl (C=O) groups excluding carboxylic acids is 2. The van der Waals surface area contributed by atoms with Crippen LogP contribution < -0.4 is 9.47 Å². The van der Waals surface area contributed by atoms with Crippen LogP contribution >= 0.6 is 23.2 Å². The van der Waals surface area contributed by atoms with Crippen LogP contribution in [0.5, 0.6) is 11.5 Å². The number of rotatable bonds is 14. The van der Waals surface area contributed by atoms with Crippen LogP contribution in [0.2, 0.25) is 10.0 Å². The lowest BCUT2D eigenvalue weighted by Crippen LogP contribution is -2.51. The lowest BCUT2D eigenvalue weighted by molar-refractivity contribution is -0.212. The van der Waals surface area contributed by atoms with E-state index in [0.29, 0.717) is 32.7 Å². The number of nitrogens with zero attached hydrogens (tertiary/aromatic N) is 2. The van der Waals surface area contributed by atoms with Crippen molar-refractivity contribution in [3.63, 3.8) is 0 Å². The Hall–Kier alpha value is -5.12. The fraction of sp³-hybridized carbons (Fsp3) is 0.227. The van der Waals surface area contributed by atoms with Crippen molar-refractivity contribution in [2.75, 3.05) is 41.4 Å². The Labute approximate surface area is 325 Å². The maximum Gasteiger partial charge on any atom is 0.419 e. The molecule has 2 unspecified atom stereocenters. The van der Waals surface area contributed by atoms with Crippen LogP contribution in [0.3, 0.4) is 0 Å². The van der Waals surface area contributed by atoms with Gasteiger partial charge >= 0.3 is 11.9 Å². The molecule has 0 aliphatic carbocycles. The van der Waals surface area contributed by atoms with Crippen molar-refractivity contribution in [2.24, 2.45) is 0 Å². The van der Waals surface area contributed by atoms with Gasteiger partial charge in [-0.25, -0.2) is 9.59 Å². The summed E-state index contributed by atoms with van der Waals surface area (Å²) in [6.07, 6.45) is 0.362. The lowest BCUT2D eigenvalue weighted by Gasteiger charge is -2.41. The third-order valence-electron chi connectivity index (χ3n) is 9.64. The zero-order chi connectivity index (χ0) is 38.3. The lowest BCUT2D eigenvalue weighted by atomic mass is 9.97. The minimum Gasteiger partial charge on any atom is -0.493 e. The van der Waals surface area contributed by atoms with E-state index in [2.05, 4.69) is 0 Å². The first-order valence-electron chi connectivity index (χ1n) is 17.6. The van der Waals surface area contributed by atoms with E-state index in [4.69, 9.17) is 42.1 Å². The third kappa shape index (κ3) is 8.03. The molecule has 0 saturated carbocycles. The van der Waals surface area contributed by atoms with Gasteiger partial charge in [-0.15, -0.1) is 0 Å². The molecule has 0 bridgehead atoms. The molecule has 0 amide bonds. The van der Waals surface area contributed by atoms with Gasteiger partial charge in [-0.1, -0.05) is 132 Å². The fourth-order valence-electron chi connectivity index (χ4n) is 6.76. The van der Waals surface area contributed by atoms with E-state index in [1.54, 1.807) is 50.1 Å². The van der Waals surface area contributed by atoms with Crippen LogP contribution in [0, 0.1) is 0 Å². The SMILES string of the molecule is CN(C)C(CCOc1ccc(Cl)c2ccccc12)(OC(=O)C(=O)OC(CCOc1ccc(Cl)c2ccccc12)(c1ccccc1)N(C)C)c1ccccc1. The number of carbonyl (C=O) groups is 2. The molecule has 0 heterocycles. The first-order valence-corrected chi connectivity index (χ1v) is 18.3. The van der Waals surface area contributed by atoms with Gasteiger partial charge in [0.2, 0.25) is 0 Å². The molecule has 278 valence electrons. The van der Waals surface area contributed by atoms with Crippen LogP contribution in [0.25, 0.3) is 21.5 Å². The maximum absolute atomic E-state index is 14.0. The van der Waals surface area contributed by atoms with Gasteiger partial charge in [-0.3, -0.25) is 9.80 Å². The number of benzene rings is 6. The van der Waals surface area contributed by atoms with E-state index in [0.717, 1.165) is 21.5 Å². The Bertz CT molecular complexity index is 2080. The number of halogens is 2. The molecule has 0 saturated heterocycles. The van der Waals surface area contributed by atoms with Crippen molar-refractivity contribution in [3.8, 4) is 11.5 Å². The van der Waals surface area contributed by atoms with E-state index >= 15 is 0 Å². The quantitative estimate of drug-likeness (QED) is 0.0617. The molecular weight excluding hydrogens is 723 g/mol. The highest BCUT2D eigenvalue weighted by Gasteiger charge is 2.45. The average Bonchev–Trinajstić information content (AvgIpc) is 3.19. The molecular formula is C44H42Cl2N2O6. The van der Waals surface area contributed by atoms with Crippen LogP contribution in [0.15, 0.2) is 133 Å². The fourth-order valence-corrected chi connectivity index (χ4v) is 7.22. The van der Waals surface area contributed by atoms with Gasteiger partial charge in [0.15, 0.2) is 11.4 Å². The summed E-state index contributed by atoms with van der Waals surface area (Å²) >= 11 is 12.9. The summed E-state index contributed by atoms with van der Waals surface area (Å²) in [6.45, 7) is 0.285. The van der Waals surface area contributed by atoms with E-state index in [1.807, 2.05) is 121 Å². The summed E-state index contributed by atoms with van der Waals surface area (Å²) in [4.78, 5) is 31.6. The van der Waals surface area contributed by atoms with Gasteiger partial charge in [-0.2, -0.15) is 0 Å². The predicted molar refractivity (Wildman–Crippen MR) is 214 cm³/mol. The van der Waals surface area contributed by atoms with Crippen molar-refractivity contribution in [1.29, 1.82) is 0 Å². The normalized spacial score (nSPS) is 13.7. The summed E-state index contributed by atoms with van der Waals surface area (Å²) < 4.78 is 25.1. The molecule has 0 aliphatic rings. The second kappa shape index (κ2) is 16.9. The molecule has 54 heavy (non-hydrogen) atoms. The van der Waals surface area contributed by atoms with Crippen molar-refractivity contribution in [2.45, 2.75) is 24.3 Å². The zero-order valence-electron chi connectivity index (χ0n) is 30.6. The highest BCUT2D eigenvalue weighted by molar-refractivity contribution is 6.36. The Morgan fingerprint density at radius 1 is 0.481 bits per heavy atom. The molecule has 6 rings (SSSR count). The van der Waals surface area contributed by atoms with E-state index in [1.165, 1.54) is 0 Å². The van der Waals surface area contributed by atoms with Crippen molar-refractivity contribution in [1.82, 2.24) is 9.80 Å². The summed E-state index contributed by atoms with van der Waals surface area (Å²) in [7, 11) is 7.15. The first kappa shape index (κ1) is 38.6. The highest BCUT2D eigenvalue weighted by Crippen LogP contribution is 2.38. The first-order chi connectivity index (χ1) is 26.1. The molecule has 0 spiro atoms. The zero-order valence-corrected chi connectivity index (χ0v) is 32.1. The summed E-state index contributed by atoms with van der Waals surface area (Å²) in [5.41, 5.74) is -1.48. The summed E-state index contributed by atoms with van der Waals surface area (Å²) in [5, 5.41) is 4.67. The second-order valence-corrected chi connectivity index (χ2v) is 14.1. The van der Waals surface area contributed by atoms with Crippen LogP contribution in [0.1, 0.15) is 24.0 Å². The number of fused-ring (bicyclic) bond motifs is 2. The van der Waals surface area contributed by atoms with Crippen LogP contribution in [-0.2, 0) is 30.5 Å². The monoisotopic (exact) mass is 764 g/mol. The van der Waals surface area contributed by atoms with Gasteiger partial charge in [0, 0.05) is 55.6 Å². The maximum atomic E-state index is 14.0. The second-order valence-electron chi connectivity index (χ2n) is 13.2. The number of esters is 2. The van der Waals surface area contributed by atoms with Crippen LogP contribution in [0.4, 0.5) is 0 Å². The Morgan fingerprint density at radius 3 is 1.17 bits per heavy atom. The third-order valence-corrected chi connectivity index (χ3v) is 10.3.